The van der Waals surface area contributed by atoms with Crippen LogP contribution in [0.15, 0.2) is 102 Å². The molecule has 3 atom stereocenters. The smallest absolute Gasteiger partial charge is 0.333 e. The van der Waals surface area contributed by atoms with Crippen LogP contribution in [0.25, 0.3) is 0 Å². The molecule has 1 N–H and O–H groups in total. The van der Waals surface area contributed by atoms with Gasteiger partial charge in [-0.15, -0.1) is 11.6 Å². The highest BCUT2D eigenvalue weighted by molar-refractivity contribution is 8.72. The van der Waals surface area contributed by atoms with Crippen molar-refractivity contribution in [3.63, 3.8) is 0 Å². The van der Waals surface area contributed by atoms with Crippen LogP contribution in [0.2, 0.25) is 0 Å². The van der Waals surface area contributed by atoms with Gasteiger partial charge in [-0.1, -0.05) is 67.2 Å². The van der Waals surface area contributed by atoms with E-state index in [1.165, 1.54) is 19.2 Å². The molecular weight excluding hydrogens is 600 g/mol. The molecule has 0 saturated carbocycles. The highest BCUT2D eigenvalue weighted by atomic mass is 35.5. The number of hydrogen-bond donors (Lipinski definition) is 1. The minimum absolute atomic E-state index is 0.0125. The zero-order chi connectivity index (χ0) is 30.3. The molecule has 1 aliphatic rings. The number of carbonyl (C=O) groups excluding carboxylic acids is 3. The second kappa shape index (κ2) is 13.9. The van der Waals surface area contributed by atoms with E-state index in [2.05, 4.69) is 11.9 Å². The number of rotatable bonds is 13. The first kappa shape index (κ1) is 31.1. The number of halogens is 1. The van der Waals surface area contributed by atoms with Gasteiger partial charge in [0.05, 0.1) is 18.4 Å². The van der Waals surface area contributed by atoms with Crippen molar-refractivity contribution in [2.75, 3.05) is 13.0 Å². The first-order valence-electron chi connectivity index (χ1n) is 12.8. The van der Waals surface area contributed by atoms with Crippen molar-refractivity contribution in [1.82, 2.24) is 10.2 Å². The molecule has 1 saturated heterocycles. The largest absolute Gasteiger partial charge is 0.497 e. The van der Waals surface area contributed by atoms with Gasteiger partial charge in [0.15, 0.2) is 6.04 Å². The number of nitrogens with zero attached hydrogens (tertiary/aromatic N) is 1. The standard InChI is InChI=1S/C30H29ClN2O7S2/c1-20(18-31)27(30(36)40-19-22-13-15-23(39-2)16-14-22)33-28(35)26(32-25(34)17-21-9-5-3-6-10-21)29(33)41-42(37,38)24-11-7-4-8-12-24/h3-16,26-27,29H,1,17-19H2,2H3,(H,32,34). The summed E-state index contributed by atoms with van der Waals surface area (Å²) >= 11 is 6.05. The molecule has 0 aliphatic carbocycles. The molecule has 2 amide bonds. The van der Waals surface area contributed by atoms with Crippen LogP contribution >= 0.6 is 22.4 Å². The Kier molecular flexibility index (Phi) is 10.3. The van der Waals surface area contributed by atoms with Crippen molar-refractivity contribution in [1.29, 1.82) is 0 Å². The summed E-state index contributed by atoms with van der Waals surface area (Å²) in [5, 5.41) is 1.48. The molecule has 12 heteroatoms. The molecule has 0 spiro atoms. The fourth-order valence-electron chi connectivity index (χ4n) is 4.28. The predicted molar refractivity (Wildman–Crippen MR) is 160 cm³/mol. The van der Waals surface area contributed by atoms with Gasteiger partial charge in [-0.2, -0.15) is 0 Å². The third-order valence-corrected chi connectivity index (χ3v) is 10.5. The molecule has 42 heavy (non-hydrogen) atoms. The molecule has 1 aliphatic heterocycles. The van der Waals surface area contributed by atoms with E-state index in [9.17, 15) is 22.8 Å². The molecule has 0 aromatic heterocycles. The molecule has 1 heterocycles. The van der Waals surface area contributed by atoms with Gasteiger partial charge >= 0.3 is 5.97 Å². The quantitative estimate of drug-likeness (QED) is 0.0995. The maximum Gasteiger partial charge on any atom is 0.333 e. The van der Waals surface area contributed by atoms with E-state index in [4.69, 9.17) is 21.1 Å². The molecule has 3 unspecified atom stereocenters. The molecule has 3 aromatic carbocycles. The Morgan fingerprint density at radius 3 is 2.21 bits per heavy atom. The van der Waals surface area contributed by atoms with Crippen LogP contribution in [0, 0.1) is 0 Å². The summed E-state index contributed by atoms with van der Waals surface area (Å²) in [5.41, 5.74) is 1.52. The number of amides is 2. The summed E-state index contributed by atoms with van der Waals surface area (Å²) in [7, 11) is -2.02. The molecule has 1 fully saturated rings. The molecule has 3 aromatic rings. The van der Waals surface area contributed by atoms with Crippen molar-refractivity contribution in [3.05, 3.63) is 108 Å². The van der Waals surface area contributed by atoms with E-state index < -0.39 is 44.1 Å². The third-order valence-electron chi connectivity index (χ3n) is 6.46. The van der Waals surface area contributed by atoms with Gasteiger partial charge in [0, 0.05) is 16.7 Å². The Hall–Kier alpha value is -3.80. The van der Waals surface area contributed by atoms with Crippen molar-refractivity contribution < 1.29 is 32.3 Å². The van der Waals surface area contributed by atoms with Crippen LogP contribution < -0.4 is 10.1 Å². The molecule has 4 rings (SSSR count). The van der Waals surface area contributed by atoms with Gasteiger partial charge in [0.1, 0.15) is 23.8 Å². The van der Waals surface area contributed by atoms with E-state index in [0.29, 0.717) is 22.1 Å². The lowest BCUT2D eigenvalue weighted by Gasteiger charge is -2.49. The lowest BCUT2D eigenvalue weighted by atomic mass is 9.99. The van der Waals surface area contributed by atoms with Crippen LogP contribution in [0.5, 0.6) is 5.75 Å². The molecule has 9 nitrogen and oxygen atoms in total. The number of esters is 1. The number of alkyl halides is 1. The monoisotopic (exact) mass is 628 g/mol. The lowest BCUT2D eigenvalue weighted by molar-refractivity contribution is -0.163. The fourth-order valence-corrected chi connectivity index (χ4v) is 7.96. The number of carbonyl (C=O) groups is 3. The van der Waals surface area contributed by atoms with Gasteiger partial charge in [0.25, 0.3) is 0 Å². The number of β-lactam (4-membered cyclic amide) rings is 1. The van der Waals surface area contributed by atoms with Gasteiger partial charge in [-0.05, 0) is 41.0 Å². The number of hydrogen-bond acceptors (Lipinski definition) is 8. The molecule has 220 valence electrons. The Morgan fingerprint density at radius 1 is 1.00 bits per heavy atom. The summed E-state index contributed by atoms with van der Waals surface area (Å²) in [6, 6.07) is 20.8. The number of ether oxygens (including phenoxy) is 2. The van der Waals surface area contributed by atoms with E-state index in [1.54, 1.807) is 66.7 Å². The highest BCUT2D eigenvalue weighted by Gasteiger charge is 2.56. The Bertz CT molecular complexity index is 1530. The maximum atomic E-state index is 13.5. The highest BCUT2D eigenvalue weighted by Crippen LogP contribution is 2.40. The van der Waals surface area contributed by atoms with Gasteiger partial charge < -0.3 is 19.7 Å². The van der Waals surface area contributed by atoms with Crippen molar-refractivity contribution in [2.45, 2.75) is 35.4 Å². The Balaban J connectivity index is 1.58. The van der Waals surface area contributed by atoms with Crippen LogP contribution in [-0.4, -0.2) is 61.5 Å². The molecular formula is C30H29ClN2O7S2. The SMILES string of the molecule is C=C(CCl)C(C(=O)OCc1ccc(OC)cc1)N1C(=O)C(NC(=O)Cc2ccccc2)C1SS(=O)(=O)c1ccccc1. The number of likely N-dealkylation sites (tertiary alicyclic amines) is 1. The van der Waals surface area contributed by atoms with Gasteiger partial charge in [-0.25, -0.2) is 13.2 Å². The summed E-state index contributed by atoms with van der Waals surface area (Å²) in [6.45, 7) is 3.73. The van der Waals surface area contributed by atoms with E-state index in [1.807, 2.05) is 6.07 Å². The van der Waals surface area contributed by atoms with Crippen molar-refractivity contribution in [3.8, 4) is 5.75 Å². The first-order chi connectivity index (χ1) is 20.1. The van der Waals surface area contributed by atoms with Crippen LogP contribution in [-0.2, 0) is 41.0 Å². The second-order valence-electron chi connectivity index (χ2n) is 9.36. The first-order valence-corrected chi connectivity index (χ1v) is 16.2. The Morgan fingerprint density at radius 2 is 1.62 bits per heavy atom. The molecule has 0 radical (unpaired) electrons. The van der Waals surface area contributed by atoms with Gasteiger partial charge in [0.2, 0.25) is 20.7 Å². The van der Waals surface area contributed by atoms with Crippen LogP contribution in [0.1, 0.15) is 11.1 Å². The summed E-state index contributed by atoms with van der Waals surface area (Å²) in [5.74, 6) is -1.53. The number of nitrogens with one attached hydrogen (secondary N) is 1. The number of benzene rings is 3. The third kappa shape index (κ3) is 7.33. The van der Waals surface area contributed by atoms with Crippen molar-refractivity contribution >= 4 is 49.0 Å². The summed E-state index contributed by atoms with van der Waals surface area (Å²) in [4.78, 5) is 40.8. The van der Waals surface area contributed by atoms with Crippen LogP contribution in [0.4, 0.5) is 0 Å². The van der Waals surface area contributed by atoms with Gasteiger partial charge in [-0.3, -0.25) is 9.59 Å². The second-order valence-corrected chi connectivity index (χ2v) is 13.6. The normalized spacial score (nSPS) is 17.1. The zero-order valence-corrected chi connectivity index (χ0v) is 25.0. The minimum atomic E-state index is -4.01. The Labute approximate surface area is 253 Å². The number of methoxy groups -OCH3 is 1. The van der Waals surface area contributed by atoms with E-state index in [0.717, 1.165) is 10.5 Å². The average molecular weight is 629 g/mol. The lowest BCUT2D eigenvalue weighted by Crippen LogP contribution is -2.73. The van der Waals surface area contributed by atoms with Crippen LogP contribution in [0.3, 0.4) is 0 Å². The fraction of sp³-hybridized carbons (Fsp3) is 0.233. The van der Waals surface area contributed by atoms with E-state index >= 15 is 0 Å². The zero-order valence-electron chi connectivity index (χ0n) is 22.6. The maximum absolute atomic E-state index is 13.5. The summed E-state index contributed by atoms with van der Waals surface area (Å²) in [6.07, 6.45) is -0.0187. The topological polar surface area (TPSA) is 119 Å². The minimum Gasteiger partial charge on any atom is -0.497 e. The average Bonchev–Trinajstić information content (AvgIpc) is 3.01. The van der Waals surface area contributed by atoms with E-state index in [-0.39, 0.29) is 29.4 Å². The molecule has 0 bridgehead atoms. The predicted octanol–water partition coefficient (Wildman–Crippen LogP) is 3.92. The van der Waals surface area contributed by atoms with Crippen molar-refractivity contribution in [2.24, 2.45) is 0 Å². The summed E-state index contributed by atoms with van der Waals surface area (Å²) < 4.78 is 37.3.